The van der Waals surface area contributed by atoms with Gasteiger partial charge in [0.2, 0.25) is 0 Å². The minimum atomic E-state index is -0.831. The van der Waals surface area contributed by atoms with Gasteiger partial charge in [0.25, 0.3) is 17.4 Å². The molecule has 0 bridgehead atoms. The van der Waals surface area contributed by atoms with E-state index in [0.29, 0.717) is 22.2 Å². The van der Waals surface area contributed by atoms with Gasteiger partial charge in [-0.25, -0.2) is 5.10 Å². The van der Waals surface area contributed by atoms with E-state index in [1.807, 2.05) is 0 Å². The summed E-state index contributed by atoms with van der Waals surface area (Å²) in [6, 6.07) is 13.8. The fourth-order valence-corrected chi connectivity index (χ4v) is 3.25. The van der Waals surface area contributed by atoms with Crippen LogP contribution in [0.25, 0.3) is 10.8 Å². The number of fused-ring (bicyclic) bond motifs is 2. The number of carbonyl (C=O) groups is 2. The molecule has 8 nitrogen and oxygen atoms in total. The van der Waals surface area contributed by atoms with Crippen LogP contribution in [0.15, 0.2) is 53.3 Å². The van der Waals surface area contributed by atoms with Crippen LogP contribution in [0, 0.1) is 0 Å². The van der Waals surface area contributed by atoms with Crippen LogP contribution in [-0.4, -0.2) is 53.7 Å². The molecule has 0 aliphatic carbocycles. The third kappa shape index (κ3) is 2.88. The van der Waals surface area contributed by atoms with E-state index in [1.165, 1.54) is 9.80 Å². The number of nitrogens with zero attached hydrogens (tertiary/aromatic N) is 3. The lowest BCUT2D eigenvalue weighted by Crippen LogP contribution is -2.50. The van der Waals surface area contributed by atoms with Gasteiger partial charge in [0.1, 0.15) is 5.75 Å². The highest BCUT2D eigenvalue weighted by atomic mass is 16.5. The maximum Gasteiger partial charge on any atom is 0.279 e. The number of anilines is 1. The van der Waals surface area contributed by atoms with Crippen LogP contribution in [0.3, 0.4) is 0 Å². The number of likely N-dealkylation sites (N-methyl/N-ethyl adjacent to an activating group) is 1. The van der Waals surface area contributed by atoms with E-state index >= 15 is 0 Å². The zero-order valence-corrected chi connectivity index (χ0v) is 15.4. The third-order valence-electron chi connectivity index (χ3n) is 4.63. The van der Waals surface area contributed by atoms with Crippen molar-refractivity contribution in [3.05, 3.63) is 64.6 Å². The Morgan fingerprint density at radius 3 is 2.54 bits per heavy atom. The van der Waals surface area contributed by atoms with Crippen LogP contribution < -0.4 is 15.2 Å². The van der Waals surface area contributed by atoms with Crippen molar-refractivity contribution in [3.63, 3.8) is 0 Å². The minimum absolute atomic E-state index is 0.0436. The van der Waals surface area contributed by atoms with Gasteiger partial charge >= 0.3 is 0 Å². The van der Waals surface area contributed by atoms with Gasteiger partial charge in [0.15, 0.2) is 11.8 Å². The molecule has 1 aliphatic heterocycles. The molecule has 2 amide bonds. The predicted molar refractivity (Wildman–Crippen MR) is 104 cm³/mol. The van der Waals surface area contributed by atoms with Gasteiger partial charge < -0.3 is 9.64 Å². The Morgan fingerprint density at radius 1 is 1.11 bits per heavy atom. The number of amides is 2. The number of nitrogens with one attached hydrogen (secondary N) is 1. The van der Waals surface area contributed by atoms with Crippen molar-refractivity contribution in [2.75, 3.05) is 25.5 Å². The van der Waals surface area contributed by atoms with E-state index in [4.69, 9.17) is 4.74 Å². The number of benzene rings is 2. The lowest BCUT2D eigenvalue weighted by Gasteiger charge is -2.35. The Morgan fingerprint density at radius 2 is 1.79 bits per heavy atom. The van der Waals surface area contributed by atoms with Gasteiger partial charge in [-0.2, -0.15) is 5.10 Å². The summed E-state index contributed by atoms with van der Waals surface area (Å²) in [6.07, 6.45) is -0.831. The fraction of sp³-hybridized carbons (Fsp3) is 0.200. The van der Waals surface area contributed by atoms with Gasteiger partial charge in [-0.3, -0.25) is 19.3 Å². The number of hydrogen-bond donors (Lipinski definition) is 1. The Hall–Kier alpha value is -3.68. The van der Waals surface area contributed by atoms with E-state index in [0.717, 1.165) is 0 Å². The number of ether oxygens (including phenoxy) is 1. The van der Waals surface area contributed by atoms with Crippen LogP contribution in [0.5, 0.6) is 5.75 Å². The minimum Gasteiger partial charge on any atom is -0.476 e. The molecule has 1 atom stereocenters. The quantitative estimate of drug-likeness (QED) is 0.728. The molecule has 0 saturated carbocycles. The maximum atomic E-state index is 13.4. The number of carbonyl (C=O) groups excluding carboxylic acids is 2. The SMILES string of the molecule is CN(C)C(=O)C1CN(C(=O)c2n[nH]c(=O)c3ccccc23)c2ccccc2O1. The molecule has 1 unspecified atom stereocenters. The summed E-state index contributed by atoms with van der Waals surface area (Å²) in [4.78, 5) is 40.8. The molecule has 142 valence electrons. The highest BCUT2D eigenvalue weighted by Crippen LogP contribution is 2.34. The molecule has 8 heteroatoms. The van der Waals surface area contributed by atoms with E-state index in [9.17, 15) is 14.4 Å². The molecule has 0 radical (unpaired) electrons. The summed E-state index contributed by atoms with van der Waals surface area (Å²) in [5.41, 5.74) is 0.297. The van der Waals surface area contributed by atoms with Crippen molar-refractivity contribution < 1.29 is 14.3 Å². The van der Waals surface area contributed by atoms with Crippen LogP contribution in [-0.2, 0) is 4.79 Å². The average molecular weight is 378 g/mol. The van der Waals surface area contributed by atoms with Crippen LogP contribution in [0.2, 0.25) is 0 Å². The third-order valence-corrected chi connectivity index (χ3v) is 4.63. The molecule has 0 saturated heterocycles. The Bertz CT molecular complexity index is 1140. The van der Waals surface area contributed by atoms with Crippen molar-refractivity contribution in [3.8, 4) is 5.75 Å². The Kier molecular flexibility index (Phi) is 4.31. The zero-order chi connectivity index (χ0) is 19.8. The molecule has 0 fully saturated rings. The monoisotopic (exact) mass is 378 g/mol. The number of hydrogen-bond acceptors (Lipinski definition) is 5. The number of rotatable bonds is 2. The normalized spacial score (nSPS) is 15.6. The van der Waals surface area contributed by atoms with E-state index in [1.54, 1.807) is 62.6 Å². The summed E-state index contributed by atoms with van der Waals surface area (Å²) in [5.74, 6) is -0.220. The summed E-state index contributed by atoms with van der Waals surface area (Å²) in [5, 5.41) is 7.21. The summed E-state index contributed by atoms with van der Waals surface area (Å²) < 4.78 is 5.81. The van der Waals surface area contributed by atoms with E-state index < -0.39 is 12.0 Å². The largest absolute Gasteiger partial charge is 0.476 e. The van der Waals surface area contributed by atoms with Crippen LogP contribution in [0.4, 0.5) is 5.69 Å². The molecule has 1 aliphatic rings. The topological polar surface area (TPSA) is 95.6 Å². The smallest absolute Gasteiger partial charge is 0.279 e. The molecule has 3 aromatic rings. The van der Waals surface area contributed by atoms with Crippen molar-refractivity contribution in [1.29, 1.82) is 0 Å². The first-order chi connectivity index (χ1) is 13.5. The Labute approximate surface area is 160 Å². The number of H-pyrrole nitrogens is 1. The zero-order valence-electron chi connectivity index (χ0n) is 15.4. The second kappa shape index (κ2) is 6.80. The fourth-order valence-electron chi connectivity index (χ4n) is 3.25. The predicted octanol–water partition coefficient (Wildman–Crippen LogP) is 1.42. The summed E-state index contributed by atoms with van der Waals surface area (Å²) >= 11 is 0. The van der Waals surface area contributed by atoms with Gasteiger partial charge in [0.05, 0.1) is 17.6 Å². The standard InChI is InChI=1S/C20H18N4O4/c1-23(2)19(26)16-11-24(14-9-5-6-10-15(14)28-16)20(27)17-12-7-3-4-8-13(12)18(25)22-21-17/h3-10,16H,11H2,1-2H3,(H,22,25). The molecule has 1 aromatic heterocycles. The van der Waals surface area contributed by atoms with Crippen molar-refractivity contribution >= 4 is 28.3 Å². The molecule has 2 heterocycles. The molecule has 28 heavy (non-hydrogen) atoms. The Balaban J connectivity index is 1.82. The highest BCUT2D eigenvalue weighted by molar-refractivity contribution is 6.13. The van der Waals surface area contributed by atoms with Crippen molar-refractivity contribution in [1.82, 2.24) is 15.1 Å². The first-order valence-electron chi connectivity index (χ1n) is 8.73. The van der Waals surface area contributed by atoms with E-state index in [-0.39, 0.29) is 23.7 Å². The van der Waals surface area contributed by atoms with Crippen molar-refractivity contribution in [2.24, 2.45) is 0 Å². The van der Waals surface area contributed by atoms with Gasteiger partial charge in [-0.1, -0.05) is 30.3 Å². The highest BCUT2D eigenvalue weighted by Gasteiger charge is 2.35. The summed E-state index contributed by atoms with van der Waals surface area (Å²) in [7, 11) is 3.27. The second-order valence-corrected chi connectivity index (χ2v) is 6.67. The molecule has 4 rings (SSSR count). The number of aromatic nitrogens is 2. The molecule has 1 N–H and O–H groups in total. The molecule has 0 spiro atoms. The van der Waals surface area contributed by atoms with Crippen LogP contribution >= 0.6 is 0 Å². The molecular weight excluding hydrogens is 360 g/mol. The lowest BCUT2D eigenvalue weighted by molar-refractivity contribution is -0.135. The molecule has 2 aromatic carbocycles. The summed E-state index contributed by atoms with van der Waals surface area (Å²) in [6.45, 7) is 0.0436. The lowest BCUT2D eigenvalue weighted by atomic mass is 10.1. The second-order valence-electron chi connectivity index (χ2n) is 6.67. The average Bonchev–Trinajstić information content (AvgIpc) is 2.72. The number of para-hydroxylation sites is 2. The van der Waals surface area contributed by atoms with Gasteiger partial charge in [-0.15, -0.1) is 0 Å². The van der Waals surface area contributed by atoms with Gasteiger partial charge in [-0.05, 0) is 18.2 Å². The molecular formula is C20H18N4O4. The van der Waals surface area contributed by atoms with Gasteiger partial charge in [0, 0.05) is 19.5 Å². The first-order valence-corrected chi connectivity index (χ1v) is 8.73. The maximum absolute atomic E-state index is 13.4. The first kappa shape index (κ1) is 17.7. The van der Waals surface area contributed by atoms with Crippen molar-refractivity contribution in [2.45, 2.75) is 6.10 Å². The number of aromatic amines is 1. The van der Waals surface area contributed by atoms with Crippen LogP contribution in [0.1, 0.15) is 10.5 Å². The van der Waals surface area contributed by atoms with E-state index in [2.05, 4.69) is 10.2 Å².